The van der Waals surface area contributed by atoms with E-state index in [0.29, 0.717) is 24.0 Å². The van der Waals surface area contributed by atoms with Crippen molar-refractivity contribution in [2.75, 3.05) is 11.9 Å². The first-order valence-corrected chi connectivity index (χ1v) is 11.3. The maximum absolute atomic E-state index is 13.4. The average Bonchev–Trinajstić information content (AvgIpc) is 3.60. The number of carbonyl (C=O) groups excluding carboxylic acids is 2. The number of anilines is 1. The van der Waals surface area contributed by atoms with Crippen LogP contribution in [-0.2, 0) is 10.2 Å². The van der Waals surface area contributed by atoms with Gasteiger partial charge in [-0.15, -0.1) is 12.4 Å². The highest BCUT2D eigenvalue weighted by atomic mass is 35.5. The number of carbonyl (C=O) groups is 2. The van der Waals surface area contributed by atoms with Crippen LogP contribution >= 0.6 is 24.0 Å². The third-order valence-electron chi connectivity index (χ3n) is 6.62. The lowest BCUT2D eigenvalue weighted by Gasteiger charge is -2.44. The third-order valence-corrected chi connectivity index (χ3v) is 6.86. The number of benzene rings is 1. The number of aromatic nitrogens is 1. The topological polar surface area (TPSA) is 88.3 Å². The van der Waals surface area contributed by atoms with Crippen molar-refractivity contribution in [3.63, 3.8) is 0 Å². The standard InChI is InChI=1S/C24H29ClN4O2.ClH/c1-16(30)28-22-8-5-17(14-27-22)23(31)29(20-6-7-20)21-9-11-24(15-26,12-10-21)18-3-2-4-19(25)13-18;/h2-5,8,13-14,20-21H,6-7,9-12,15,26H2,1H3,(H,27,28,30);1H/t21-,24+;. The van der Waals surface area contributed by atoms with Crippen LogP contribution in [0.5, 0.6) is 0 Å². The number of halogens is 2. The van der Waals surface area contributed by atoms with Gasteiger partial charge in [0, 0.05) is 42.2 Å². The SMILES string of the molecule is CC(=O)Nc1ccc(C(=O)N(C2CC2)[C@H]2CC[C@@](CN)(c3cccc(Cl)c3)CC2)cn1.Cl. The van der Waals surface area contributed by atoms with Crippen LogP contribution in [0.4, 0.5) is 5.82 Å². The monoisotopic (exact) mass is 476 g/mol. The zero-order chi connectivity index (χ0) is 22.0. The van der Waals surface area contributed by atoms with Gasteiger partial charge in [0.25, 0.3) is 5.91 Å². The minimum absolute atomic E-state index is 0. The van der Waals surface area contributed by atoms with Gasteiger partial charge >= 0.3 is 0 Å². The molecule has 2 aliphatic carbocycles. The molecule has 172 valence electrons. The van der Waals surface area contributed by atoms with Gasteiger partial charge < -0.3 is 16.0 Å². The summed E-state index contributed by atoms with van der Waals surface area (Å²) in [5, 5.41) is 3.37. The van der Waals surface area contributed by atoms with Gasteiger partial charge in [-0.2, -0.15) is 0 Å². The average molecular weight is 477 g/mol. The molecule has 2 aromatic rings. The van der Waals surface area contributed by atoms with E-state index in [1.54, 1.807) is 18.3 Å². The fraction of sp³-hybridized carbons (Fsp3) is 0.458. The molecule has 0 unspecified atom stereocenters. The first-order valence-electron chi connectivity index (χ1n) is 10.9. The van der Waals surface area contributed by atoms with Gasteiger partial charge in [0.15, 0.2) is 0 Å². The van der Waals surface area contributed by atoms with Gasteiger partial charge in [-0.3, -0.25) is 9.59 Å². The Labute approximate surface area is 200 Å². The molecule has 6 nitrogen and oxygen atoms in total. The summed E-state index contributed by atoms with van der Waals surface area (Å²) < 4.78 is 0. The number of pyridine rings is 1. The van der Waals surface area contributed by atoms with Crippen molar-refractivity contribution in [1.29, 1.82) is 0 Å². The van der Waals surface area contributed by atoms with Crippen LogP contribution in [0.3, 0.4) is 0 Å². The smallest absolute Gasteiger partial charge is 0.255 e. The van der Waals surface area contributed by atoms with Crippen molar-refractivity contribution in [2.24, 2.45) is 5.73 Å². The van der Waals surface area contributed by atoms with E-state index >= 15 is 0 Å². The van der Waals surface area contributed by atoms with Crippen LogP contribution in [0.1, 0.15) is 61.4 Å². The highest BCUT2D eigenvalue weighted by Gasteiger charge is 2.43. The normalized spacial score (nSPS) is 22.5. The Hall–Kier alpha value is -2.15. The quantitative estimate of drug-likeness (QED) is 0.639. The molecule has 8 heteroatoms. The highest BCUT2D eigenvalue weighted by Crippen LogP contribution is 2.43. The summed E-state index contributed by atoms with van der Waals surface area (Å²) in [6, 6.07) is 12.0. The molecular formula is C24H30Cl2N4O2. The van der Waals surface area contributed by atoms with Crippen LogP contribution in [0.2, 0.25) is 5.02 Å². The Kier molecular flexibility index (Phi) is 7.80. The number of rotatable bonds is 6. The van der Waals surface area contributed by atoms with E-state index in [4.69, 9.17) is 17.3 Å². The predicted octanol–water partition coefficient (Wildman–Crippen LogP) is 4.56. The van der Waals surface area contributed by atoms with E-state index in [1.807, 2.05) is 18.2 Å². The molecule has 1 heterocycles. The lowest BCUT2D eigenvalue weighted by atomic mass is 9.68. The fourth-order valence-electron chi connectivity index (χ4n) is 4.77. The molecule has 3 N–H and O–H groups in total. The van der Waals surface area contributed by atoms with Crippen molar-refractivity contribution in [3.05, 3.63) is 58.7 Å². The van der Waals surface area contributed by atoms with Crippen molar-refractivity contribution in [2.45, 2.75) is 62.9 Å². The first kappa shape index (κ1) is 24.5. The van der Waals surface area contributed by atoms with Crippen LogP contribution in [0, 0.1) is 0 Å². The number of nitrogens with two attached hydrogens (primary N) is 1. The van der Waals surface area contributed by atoms with E-state index in [-0.39, 0.29) is 35.7 Å². The van der Waals surface area contributed by atoms with Gasteiger partial charge in [0.05, 0.1) is 5.56 Å². The molecule has 4 rings (SSSR count). The zero-order valence-corrected chi connectivity index (χ0v) is 19.8. The van der Waals surface area contributed by atoms with Crippen LogP contribution < -0.4 is 11.1 Å². The summed E-state index contributed by atoms with van der Waals surface area (Å²) in [4.78, 5) is 30.9. The number of hydrogen-bond donors (Lipinski definition) is 2. The molecule has 0 saturated heterocycles. The summed E-state index contributed by atoms with van der Waals surface area (Å²) in [7, 11) is 0. The van der Waals surface area contributed by atoms with Crippen molar-refractivity contribution in [3.8, 4) is 0 Å². The summed E-state index contributed by atoms with van der Waals surface area (Å²) >= 11 is 6.24. The summed E-state index contributed by atoms with van der Waals surface area (Å²) in [5.74, 6) is 0.294. The largest absolute Gasteiger partial charge is 0.333 e. The van der Waals surface area contributed by atoms with Crippen LogP contribution in [0.25, 0.3) is 0 Å². The predicted molar refractivity (Wildman–Crippen MR) is 129 cm³/mol. The molecule has 2 fully saturated rings. The molecule has 2 aliphatic rings. The maximum atomic E-state index is 13.4. The Bertz CT molecular complexity index is 955. The van der Waals surface area contributed by atoms with Gasteiger partial charge in [-0.25, -0.2) is 4.98 Å². The summed E-state index contributed by atoms with van der Waals surface area (Å²) in [6.07, 6.45) is 7.37. The third kappa shape index (κ3) is 5.25. The van der Waals surface area contributed by atoms with Gasteiger partial charge in [-0.1, -0.05) is 23.7 Å². The maximum Gasteiger partial charge on any atom is 0.255 e. The number of amides is 2. The Morgan fingerprint density at radius 2 is 1.84 bits per heavy atom. The molecule has 2 saturated carbocycles. The van der Waals surface area contributed by atoms with E-state index in [2.05, 4.69) is 21.3 Å². The van der Waals surface area contributed by atoms with Gasteiger partial charge in [-0.05, 0) is 68.4 Å². The lowest BCUT2D eigenvalue weighted by molar-refractivity contribution is -0.114. The van der Waals surface area contributed by atoms with Crippen LogP contribution in [0.15, 0.2) is 42.6 Å². The fourth-order valence-corrected chi connectivity index (χ4v) is 4.96. The second-order valence-corrected chi connectivity index (χ2v) is 9.22. The molecule has 1 aromatic heterocycles. The molecule has 0 spiro atoms. The first-order chi connectivity index (χ1) is 14.9. The van der Waals surface area contributed by atoms with Gasteiger partial charge in [0.1, 0.15) is 5.82 Å². The zero-order valence-electron chi connectivity index (χ0n) is 18.2. The second kappa shape index (κ2) is 10.2. The molecular weight excluding hydrogens is 447 g/mol. The van der Waals surface area contributed by atoms with Crippen molar-refractivity contribution in [1.82, 2.24) is 9.88 Å². The van der Waals surface area contributed by atoms with E-state index in [9.17, 15) is 9.59 Å². The van der Waals surface area contributed by atoms with Gasteiger partial charge in [0.2, 0.25) is 5.91 Å². The molecule has 0 aliphatic heterocycles. The minimum atomic E-state index is -0.184. The lowest BCUT2D eigenvalue weighted by Crippen LogP contribution is -2.48. The van der Waals surface area contributed by atoms with Crippen molar-refractivity contribution >= 4 is 41.6 Å². The van der Waals surface area contributed by atoms with E-state index < -0.39 is 0 Å². The Balaban J connectivity index is 0.00000289. The molecule has 0 atom stereocenters. The molecule has 32 heavy (non-hydrogen) atoms. The Morgan fingerprint density at radius 3 is 2.38 bits per heavy atom. The number of nitrogens with zero attached hydrogens (tertiary/aromatic N) is 2. The highest BCUT2D eigenvalue weighted by molar-refractivity contribution is 6.30. The summed E-state index contributed by atoms with van der Waals surface area (Å²) in [5.41, 5.74) is 7.93. The molecule has 0 radical (unpaired) electrons. The molecule has 1 aromatic carbocycles. The van der Waals surface area contributed by atoms with Crippen molar-refractivity contribution < 1.29 is 9.59 Å². The second-order valence-electron chi connectivity index (χ2n) is 8.78. The number of nitrogens with one attached hydrogen (secondary N) is 1. The summed E-state index contributed by atoms with van der Waals surface area (Å²) in [6.45, 7) is 2.01. The van der Waals surface area contributed by atoms with Crippen LogP contribution in [-0.4, -0.2) is 40.3 Å². The molecule has 2 amide bonds. The minimum Gasteiger partial charge on any atom is -0.333 e. The Morgan fingerprint density at radius 1 is 1.16 bits per heavy atom. The molecule has 0 bridgehead atoms. The van der Waals surface area contributed by atoms with E-state index in [0.717, 1.165) is 43.5 Å². The number of hydrogen-bond acceptors (Lipinski definition) is 4. The van der Waals surface area contributed by atoms with E-state index in [1.165, 1.54) is 12.5 Å².